The molecule has 0 atom stereocenters. The molecule has 0 aliphatic carbocycles. The molecule has 0 spiro atoms. The average molecular weight is 271 g/mol. The van der Waals surface area contributed by atoms with Gasteiger partial charge >= 0.3 is 0 Å². The van der Waals surface area contributed by atoms with E-state index in [1.807, 2.05) is 24.3 Å². The van der Waals surface area contributed by atoms with Crippen LogP contribution in [0.5, 0.6) is 5.75 Å². The predicted molar refractivity (Wildman–Crippen MR) is 77.6 cm³/mol. The first-order valence-electron chi connectivity index (χ1n) is 6.32. The van der Waals surface area contributed by atoms with Gasteiger partial charge in [-0.05, 0) is 36.2 Å². The average Bonchev–Trinajstić information content (AvgIpc) is 2.46. The van der Waals surface area contributed by atoms with Gasteiger partial charge in [0.25, 0.3) is 0 Å². The Balaban J connectivity index is 2.12. The zero-order chi connectivity index (χ0) is 14.5. The van der Waals surface area contributed by atoms with Gasteiger partial charge in [0.2, 0.25) is 0 Å². The van der Waals surface area contributed by atoms with Gasteiger partial charge in [-0.25, -0.2) is 0 Å². The molecule has 4 heteroatoms. The number of carbonyl (C=O) groups excluding carboxylic acids is 1. The zero-order valence-electron chi connectivity index (χ0n) is 11.3. The molecule has 2 aromatic carbocycles. The number of anilines is 1. The SMILES string of the molecule is CC(=O)c1cc(N)ccc1OCc1ccc(CO)cc1. The molecular formula is C16H17NO3. The van der Waals surface area contributed by atoms with Crippen LogP contribution in [0.4, 0.5) is 5.69 Å². The maximum atomic E-state index is 11.5. The number of Topliss-reactive ketones (excluding diaryl/α,β-unsaturated/α-hetero) is 1. The van der Waals surface area contributed by atoms with Crippen LogP contribution in [0.25, 0.3) is 0 Å². The van der Waals surface area contributed by atoms with Crippen molar-refractivity contribution < 1.29 is 14.6 Å². The number of carbonyl (C=O) groups is 1. The topological polar surface area (TPSA) is 72.6 Å². The van der Waals surface area contributed by atoms with E-state index in [1.54, 1.807) is 18.2 Å². The third kappa shape index (κ3) is 3.36. The number of ether oxygens (including phenoxy) is 1. The van der Waals surface area contributed by atoms with Crippen molar-refractivity contribution in [2.75, 3.05) is 5.73 Å². The van der Waals surface area contributed by atoms with Crippen LogP contribution in [0.2, 0.25) is 0 Å². The zero-order valence-corrected chi connectivity index (χ0v) is 11.3. The maximum Gasteiger partial charge on any atom is 0.163 e. The highest BCUT2D eigenvalue weighted by atomic mass is 16.5. The van der Waals surface area contributed by atoms with Crippen LogP contribution in [0.15, 0.2) is 42.5 Å². The van der Waals surface area contributed by atoms with Gasteiger partial charge in [0.05, 0.1) is 12.2 Å². The Bertz CT molecular complexity index is 606. The minimum absolute atomic E-state index is 0.0214. The number of ketones is 1. The molecule has 0 unspecified atom stereocenters. The number of nitrogen functional groups attached to an aromatic ring is 1. The summed E-state index contributed by atoms with van der Waals surface area (Å²) in [6, 6.07) is 12.5. The third-order valence-corrected chi connectivity index (χ3v) is 2.98. The number of aliphatic hydroxyl groups is 1. The fourth-order valence-electron chi connectivity index (χ4n) is 1.85. The summed E-state index contributed by atoms with van der Waals surface area (Å²) in [7, 11) is 0. The van der Waals surface area contributed by atoms with Crippen molar-refractivity contribution in [2.45, 2.75) is 20.1 Å². The molecule has 0 amide bonds. The van der Waals surface area contributed by atoms with E-state index in [2.05, 4.69) is 0 Å². The maximum absolute atomic E-state index is 11.5. The molecule has 0 aliphatic rings. The van der Waals surface area contributed by atoms with Crippen molar-refractivity contribution in [1.82, 2.24) is 0 Å². The van der Waals surface area contributed by atoms with Crippen LogP contribution in [-0.4, -0.2) is 10.9 Å². The Morgan fingerprint density at radius 3 is 2.40 bits per heavy atom. The lowest BCUT2D eigenvalue weighted by Gasteiger charge is -2.11. The molecule has 0 fully saturated rings. The van der Waals surface area contributed by atoms with Crippen LogP contribution in [0.3, 0.4) is 0 Å². The van der Waals surface area contributed by atoms with Gasteiger partial charge in [-0.1, -0.05) is 24.3 Å². The molecule has 0 saturated carbocycles. The Morgan fingerprint density at radius 2 is 1.80 bits per heavy atom. The summed E-state index contributed by atoms with van der Waals surface area (Å²) in [5, 5.41) is 8.98. The van der Waals surface area contributed by atoms with Crippen LogP contribution in [0, 0.1) is 0 Å². The highest BCUT2D eigenvalue weighted by molar-refractivity contribution is 5.97. The quantitative estimate of drug-likeness (QED) is 0.647. The first-order valence-corrected chi connectivity index (χ1v) is 6.32. The summed E-state index contributed by atoms with van der Waals surface area (Å²) in [6.45, 7) is 1.86. The predicted octanol–water partition coefficient (Wildman–Crippen LogP) is 2.54. The van der Waals surface area contributed by atoms with Crippen molar-refractivity contribution >= 4 is 11.5 Å². The second kappa shape index (κ2) is 6.21. The number of nitrogens with two attached hydrogens (primary N) is 1. The van der Waals surface area contributed by atoms with Gasteiger partial charge in [-0.15, -0.1) is 0 Å². The van der Waals surface area contributed by atoms with Gasteiger partial charge in [0.1, 0.15) is 12.4 Å². The lowest BCUT2D eigenvalue weighted by Crippen LogP contribution is -2.02. The van der Waals surface area contributed by atoms with E-state index in [4.69, 9.17) is 15.6 Å². The Labute approximate surface area is 117 Å². The van der Waals surface area contributed by atoms with Gasteiger partial charge in [0, 0.05) is 5.69 Å². The molecule has 20 heavy (non-hydrogen) atoms. The number of aliphatic hydroxyl groups excluding tert-OH is 1. The minimum atomic E-state index is -0.0806. The molecule has 2 aromatic rings. The van der Waals surface area contributed by atoms with Gasteiger partial charge in [0.15, 0.2) is 5.78 Å². The van der Waals surface area contributed by atoms with Crippen molar-refractivity contribution in [3.8, 4) is 5.75 Å². The monoisotopic (exact) mass is 271 g/mol. The molecule has 104 valence electrons. The van der Waals surface area contributed by atoms with Crippen LogP contribution < -0.4 is 10.5 Å². The van der Waals surface area contributed by atoms with E-state index >= 15 is 0 Å². The van der Waals surface area contributed by atoms with Crippen molar-refractivity contribution in [2.24, 2.45) is 0 Å². The summed E-state index contributed by atoms with van der Waals surface area (Å²) >= 11 is 0. The number of hydrogen-bond acceptors (Lipinski definition) is 4. The van der Waals surface area contributed by atoms with E-state index < -0.39 is 0 Å². The molecule has 0 aromatic heterocycles. The van der Waals surface area contributed by atoms with Gasteiger partial charge in [-0.2, -0.15) is 0 Å². The molecule has 0 radical (unpaired) electrons. The normalized spacial score (nSPS) is 10.3. The number of benzene rings is 2. The smallest absolute Gasteiger partial charge is 0.163 e. The van der Waals surface area contributed by atoms with Crippen molar-refractivity contribution in [3.63, 3.8) is 0 Å². The molecule has 0 bridgehead atoms. The molecule has 4 nitrogen and oxygen atoms in total. The van der Waals surface area contributed by atoms with E-state index in [0.29, 0.717) is 23.6 Å². The second-order valence-corrected chi connectivity index (χ2v) is 4.58. The van der Waals surface area contributed by atoms with Crippen molar-refractivity contribution in [3.05, 3.63) is 59.2 Å². The van der Waals surface area contributed by atoms with Crippen LogP contribution >= 0.6 is 0 Å². The highest BCUT2D eigenvalue weighted by Gasteiger charge is 2.09. The summed E-state index contributed by atoms with van der Waals surface area (Å²) in [5.41, 5.74) is 8.51. The Morgan fingerprint density at radius 1 is 1.15 bits per heavy atom. The largest absolute Gasteiger partial charge is 0.488 e. The highest BCUT2D eigenvalue weighted by Crippen LogP contribution is 2.23. The summed E-state index contributed by atoms with van der Waals surface area (Å²) in [5.74, 6) is 0.445. The molecule has 0 aliphatic heterocycles. The number of hydrogen-bond donors (Lipinski definition) is 2. The minimum Gasteiger partial charge on any atom is -0.488 e. The van der Waals surface area contributed by atoms with Crippen molar-refractivity contribution in [1.29, 1.82) is 0 Å². The fourth-order valence-corrected chi connectivity index (χ4v) is 1.85. The van der Waals surface area contributed by atoms with E-state index in [-0.39, 0.29) is 12.4 Å². The lowest BCUT2D eigenvalue weighted by molar-refractivity contribution is 0.101. The summed E-state index contributed by atoms with van der Waals surface area (Å²) in [6.07, 6.45) is 0. The first kappa shape index (κ1) is 14.1. The molecule has 2 rings (SSSR count). The van der Waals surface area contributed by atoms with Gasteiger partial charge in [-0.3, -0.25) is 4.79 Å². The lowest BCUT2D eigenvalue weighted by atomic mass is 10.1. The third-order valence-electron chi connectivity index (χ3n) is 2.98. The number of rotatable bonds is 5. The molecule has 3 N–H and O–H groups in total. The fraction of sp³-hybridized carbons (Fsp3) is 0.188. The summed E-state index contributed by atoms with van der Waals surface area (Å²) < 4.78 is 5.67. The Hall–Kier alpha value is -2.33. The summed E-state index contributed by atoms with van der Waals surface area (Å²) in [4.78, 5) is 11.5. The van der Waals surface area contributed by atoms with Gasteiger partial charge < -0.3 is 15.6 Å². The second-order valence-electron chi connectivity index (χ2n) is 4.58. The first-order chi connectivity index (χ1) is 9.60. The van der Waals surface area contributed by atoms with Crippen LogP contribution in [0.1, 0.15) is 28.4 Å². The van der Waals surface area contributed by atoms with Crippen LogP contribution in [-0.2, 0) is 13.2 Å². The Kier molecular flexibility index (Phi) is 4.38. The molecule has 0 heterocycles. The van der Waals surface area contributed by atoms with E-state index in [1.165, 1.54) is 6.92 Å². The van der Waals surface area contributed by atoms with E-state index in [0.717, 1.165) is 11.1 Å². The standard InChI is InChI=1S/C16H17NO3/c1-11(19)15-8-14(17)6-7-16(15)20-10-13-4-2-12(9-18)3-5-13/h2-8,18H,9-10,17H2,1H3. The van der Waals surface area contributed by atoms with E-state index in [9.17, 15) is 4.79 Å². The molecule has 0 saturated heterocycles. The molecular weight excluding hydrogens is 254 g/mol.